The van der Waals surface area contributed by atoms with Crippen LogP contribution in [0.1, 0.15) is 28.4 Å². The number of nitrogens with two attached hydrogens (primary N) is 2. The smallest absolute Gasteiger partial charge is 0.534 e. The molecule has 32 heavy (non-hydrogen) atoms. The number of Topliss-reactive ketones (excluding diaryl/α,β-unsaturated/α-hetero) is 1. The fourth-order valence-corrected chi connectivity index (χ4v) is 3.50. The molecule has 170 valence electrons. The number of rotatable bonds is 10. The van der Waals surface area contributed by atoms with Gasteiger partial charge in [0.2, 0.25) is 5.91 Å². The van der Waals surface area contributed by atoms with E-state index in [4.69, 9.17) is 25.6 Å². The maximum Gasteiger partial charge on any atom is 0.547 e. The van der Waals surface area contributed by atoms with E-state index in [1.165, 1.54) is 6.92 Å². The average Bonchev–Trinajstić information content (AvgIpc) is 2.77. The van der Waals surface area contributed by atoms with Crippen LogP contribution in [-0.2, 0) is 17.6 Å². The predicted octanol–water partition coefficient (Wildman–Crippen LogP) is 0.246. The molecule has 6 N–H and O–H groups in total. The van der Waals surface area contributed by atoms with Crippen LogP contribution in [0, 0.1) is 0 Å². The molecular weight excluding hydrogens is 413 g/mol. The van der Waals surface area contributed by atoms with Gasteiger partial charge in [0.25, 0.3) is 0 Å². The van der Waals surface area contributed by atoms with Gasteiger partial charge in [-0.15, -0.1) is 0 Å². The summed E-state index contributed by atoms with van der Waals surface area (Å²) in [5.74, 6) is 0.306. The molecule has 0 radical (unpaired) electrons. The van der Waals surface area contributed by atoms with Crippen molar-refractivity contribution in [2.45, 2.75) is 25.7 Å². The number of fused-ring (bicyclic) bond motifs is 1. The molecule has 9 nitrogen and oxygen atoms in total. The molecule has 0 aliphatic carbocycles. The van der Waals surface area contributed by atoms with Crippen molar-refractivity contribution in [3.63, 3.8) is 0 Å². The highest BCUT2D eigenvalue weighted by atomic mass is 16.5. The van der Waals surface area contributed by atoms with Crippen LogP contribution in [0.15, 0.2) is 36.4 Å². The first-order valence-electron chi connectivity index (χ1n) is 10.5. The summed E-state index contributed by atoms with van der Waals surface area (Å²) in [6, 6.07) is 10.4. The molecule has 0 unspecified atom stereocenters. The molecular formula is C22H28BN3O6. The number of carbonyl (C=O) groups excluding carboxylic acids is 2. The zero-order valence-electron chi connectivity index (χ0n) is 18.0. The number of benzene rings is 2. The maximum absolute atomic E-state index is 12.7. The third-order valence-corrected chi connectivity index (χ3v) is 4.97. The number of para-hydroxylation sites is 1. The van der Waals surface area contributed by atoms with Gasteiger partial charge in [0.1, 0.15) is 19.0 Å². The molecule has 3 rings (SSSR count). The number of carbonyl (C=O) groups is 2. The minimum Gasteiger partial charge on any atom is -0.534 e. The molecule has 0 saturated heterocycles. The maximum atomic E-state index is 12.7. The van der Waals surface area contributed by atoms with Gasteiger partial charge in [0, 0.05) is 13.1 Å². The Bertz CT molecular complexity index is 971. The van der Waals surface area contributed by atoms with Crippen LogP contribution in [-0.4, -0.2) is 56.1 Å². The lowest BCUT2D eigenvalue weighted by Gasteiger charge is -2.29. The Balaban J connectivity index is 1.67. The summed E-state index contributed by atoms with van der Waals surface area (Å²) < 4.78 is 16.8. The fraction of sp³-hybridized carbons (Fsp3) is 0.364. The summed E-state index contributed by atoms with van der Waals surface area (Å²) in [7, 11) is -1.26. The second kappa shape index (κ2) is 11.0. The molecule has 0 bridgehead atoms. The quantitative estimate of drug-likeness (QED) is 0.303. The Morgan fingerprint density at radius 1 is 1.16 bits per heavy atom. The lowest BCUT2D eigenvalue weighted by Crippen LogP contribution is -2.53. The van der Waals surface area contributed by atoms with Gasteiger partial charge >= 0.3 is 7.12 Å². The summed E-state index contributed by atoms with van der Waals surface area (Å²) >= 11 is 0. The largest absolute Gasteiger partial charge is 0.547 e. The van der Waals surface area contributed by atoms with Crippen LogP contribution in [0.2, 0.25) is 0 Å². The van der Waals surface area contributed by atoms with E-state index in [1.807, 2.05) is 6.07 Å². The number of hydrogen-bond donors (Lipinski definition) is 4. The number of ketones is 1. The van der Waals surface area contributed by atoms with Crippen molar-refractivity contribution in [3.8, 4) is 17.2 Å². The molecule has 1 amide bonds. The minimum atomic E-state index is -1.26. The van der Waals surface area contributed by atoms with Crippen LogP contribution < -0.4 is 30.9 Å². The summed E-state index contributed by atoms with van der Waals surface area (Å²) in [5, 5.41) is 13.2. The van der Waals surface area contributed by atoms with Crippen LogP contribution >= 0.6 is 0 Å². The summed E-state index contributed by atoms with van der Waals surface area (Å²) in [5.41, 5.74) is 12.9. The van der Waals surface area contributed by atoms with Gasteiger partial charge in [-0.2, -0.15) is 0 Å². The standard InChI is InChI=1S/C22H28BN3O6/c1-14(27)17-4-2-3-16-13-20(23(29)32-22(16)17)26-21(28)12-15-5-6-18(30-9-7-24)19(11-15)31-10-8-25/h2-6,11,20,29H,7-10,12-13,24-25H2,1H3,(H,26,28)/t20-/m0/s1. The van der Waals surface area contributed by atoms with E-state index in [0.29, 0.717) is 61.1 Å². The van der Waals surface area contributed by atoms with Crippen molar-refractivity contribution < 1.29 is 28.7 Å². The van der Waals surface area contributed by atoms with Crippen LogP contribution in [0.25, 0.3) is 0 Å². The first-order chi connectivity index (χ1) is 15.4. The molecule has 0 saturated carbocycles. The zero-order chi connectivity index (χ0) is 23.1. The third-order valence-electron chi connectivity index (χ3n) is 4.97. The first kappa shape index (κ1) is 23.6. The van der Waals surface area contributed by atoms with Gasteiger partial charge in [-0.25, -0.2) is 0 Å². The third kappa shape index (κ3) is 5.79. The normalized spacial score (nSPS) is 14.9. The lowest BCUT2D eigenvalue weighted by molar-refractivity contribution is -0.120. The Morgan fingerprint density at radius 2 is 1.88 bits per heavy atom. The van der Waals surface area contributed by atoms with Gasteiger partial charge in [0.15, 0.2) is 17.3 Å². The Hall–Kier alpha value is -3.08. The van der Waals surface area contributed by atoms with E-state index >= 15 is 0 Å². The van der Waals surface area contributed by atoms with E-state index < -0.39 is 13.1 Å². The van der Waals surface area contributed by atoms with E-state index in [0.717, 1.165) is 5.56 Å². The molecule has 10 heteroatoms. The van der Waals surface area contributed by atoms with Gasteiger partial charge in [-0.05, 0) is 42.7 Å². The van der Waals surface area contributed by atoms with E-state index in [1.54, 1.807) is 30.3 Å². The number of nitrogens with one attached hydrogen (secondary N) is 1. The fourth-order valence-electron chi connectivity index (χ4n) is 3.50. The highest BCUT2D eigenvalue weighted by Crippen LogP contribution is 2.31. The van der Waals surface area contributed by atoms with Gasteiger partial charge in [-0.3, -0.25) is 9.59 Å². The van der Waals surface area contributed by atoms with Crippen molar-refractivity contribution >= 4 is 18.8 Å². The van der Waals surface area contributed by atoms with Crippen LogP contribution in [0.3, 0.4) is 0 Å². The average molecular weight is 441 g/mol. The van der Waals surface area contributed by atoms with E-state index in [-0.39, 0.29) is 18.1 Å². The SMILES string of the molecule is CC(=O)c1cccc2c1OB(O)[C@@H](NC(=O)Cc1ccc(OCCN)c(OCCN)c1)C2. The Kier molecular flexibility index (Phi) is 8.10. The van der Waals surface area contributed by atoms with Gasteiger partial charge in [-0.1, -0.05) is 18.2 Å². The van der Waals surface area contributed by atoms with Crippen molar-refractivity contribution in [2.24, 2.45) is 11.5 Å². The number of hydrogen-bond acceptors (Lipinski definition) is 8. The van der Waals surface area contributed by atoms with E-state index in [2.05, 4.69) is 5.32 Å². The molecule has 1 atom stereocenters. The van der Waals surface area contributed by atoms with Gasteiger partial charge < -0.3 is 35.9 Å². The Morgan fingerprint density at radius 3 is 2.56 bits per heavy atom. The molecule has 0 fully saturated rings. The molecule has 1 aliphatic heterocycles. The lowest BCUT2D eigenvalue weighted by atomic mass is 9.72. The molecule has 0 spiro atoms. The zero-order valence-corrected chi connectivity index (χ0v) is 18.0. The highest BCUT2D eigenvalue weighted by Gasteiger charge is 2.37. The summed E-state index contributed by atoms with van der Waals surface area (Å²) in [6.45, 7) is 2.79. The van der Waals surface area contributed by atoms with E-state index in [9.17, 15) is 14.6 Å². The monoisotopic (exact) mass is 441 g/mol. The van der Waals surface area contributed by atoms with Crippen molar-refractivity contribution in [1.29, 1.82) is 0 Å². The number of amides is 1. The topological polar surface area (TPSA) is 146 Å². The minimum absolute atomic E-state index is 0.0692. The molecule has 1 aliphatic rings. The second-order valence-electron chi connectivity index (χ2n) is 7.47. The Labute approximate surface area is 187 Å². The van der Waals surface area contributed by atoms with Crippen LogP contribution in [0.5, 0.6) is 17.2 Å². The van der Waals surface area contributed by atoms with Crippen molar-refractivity contribution in [3.05, 3.63) is 53.1 Å². The summed E-state index contributed by atoms with van der Waals surface area (Å²) in [4.78, 5) is 24.5. The first-order valence-corrected chi connectivity index (χ1v) is 10.5. The molecule has 1 heterocycles. The second-order valence-corrected chi connectivity index (χ2v) is 7.47. The van der Waals surface area contributed by atoms with Crippen molar-refractivity contribution in [2.75, 3.05) is 26.3 Å². The van der Waals surface area contributed by atoms with Gasteiger partial charge in [0.05, 0.1) is 17.9 Å². The number of ether oxygens (including phenoxy) is 2. The highest BCUT2D eigenvalue weighted by molar-refractivity contribution is 6.47. The molecule has 2 aromatic carbocycles. The summed E-state index contributed by atoms with van der Waals surface area (Å²) in [6.07, 6.45) is 0.416. The van der Waals surface area contributed by atoms with Crippen molar-refractivity contribution in [1.82, 2.24) is 5.32 Å². The predicted molar refractivity (Wildman–Crippen MR) is 120 cm³/mol. The van der Waals surface area contributed by atoms with Crippen LogP contribution in [0.4, 0.5) is 0 Å². The molecule has 2 aromatic rings. The molecule has 0 aromatic heterocycles.